The minimum Gasteiger partial charge on any atom is -0.497 e. The van der Waals surface area contributed by atoms with Crippen LogP contribution in [0.25, 0.3) is 0 Å². The lowest BCUT2D eigenvalue weighted by Gasteiger charge is -2.27. The molecule has 0 aromatic heterocycles. The Hall–Kier alpha value is -2.03. The van der Waals surface area contributed by atoms with Crippen molar-refractivity contribution in [1.29, 1.82) is 0 Å². The van der Waals surface area contributed by atoms with Gasteiger partial charge in [-0.3, -0.25) is 4.79 Å². The van der Waals surface area contributed by atoms with Crippen LogP contribution in [-0.4, -0.2) is 19.7 Å². The van der Waals surface area contributed by atoms with Crippen LogP contribution in [0.5, 0.6) is 5.75 Å². The van der Waals surface area contributed by atoms with Gasteiger partial charge < -0.3 is 9.47 Å². The standard InChI is InChI=1S/C24H32O3/c1-3-4-17-27-24(25)22-11-9-20(10-12-22)18-5-7-19(8-6-18)21-13-15-23(26-2)16-14-21/h5,9,13-16,19,22H,3-4,6-8,10-12,17H2,1-2H3. The highest BCUT2D eigenvalue weighted by molar-refractivity contribution is 5.73. The summed E-state index contributed by atoms with van der Waals surface area (Å²) >= 11 is 0. The number of ether oxygens (including phenoxy) is 2. The molecule has 2 atom stereocenters. The van der Waals surface area contributed by atoms with Crippen LogP contribution in [0.3, 0.4) is 0 Å². The fourth-order valence-corrected chi connectivity index (χ4v) is 4.08. The van der Waals surface area contributed by atoms with Crippen molar-refractivity contribution in [2.24, 2.45) is 5.92 Å². The molecule has 0 amide bonds. The molecule has 3 heteroatoms. The van der Waals surface area contributed by atoms with E-state index in [2.05, 4.69) is 43.3 Å². The van der Waals surface area contributed by atoms with E-state index in [1.807, 2.05) is 0 Å². The summed E-state index contributed by atoms with van der Waals surface area (Å²) in [5, 5.41) is 0. The van der Waals surface area contributed by atoms with Gasteiger partial charge >= 0.3 is 5.97 Å². The number of allylic oxidation sites excluding steroid dienone is 4. The number of methoxy groups -OCH3 is 1. The zero-order valence-electron chi connectivity index (χ0n) is 16.7. The van der Waals surface area contributed by atoms with E-state index in [9.17, 15) is 4.79 Å². The lowest BCUT2D eigenvalue weighted by Crippen LogP contribution is -2.21. The van der Waals surface area contributed by atoms with E-state index in [-0.39, 0.29) is 11.9 Å². The molecule has 0 fully saturated rings. The summed E-state index contributed by atoms with van der Waals surface area (Å²) in [5.74, 6) is 1.57. The van der Waals surface area contributed by atoms with Gasteiger partial charge in [0.05, 0.1) is 19.6 Å². The van der Waals surface area contributed by atoms with Crippen molar-refractivity contribution in [3.8, 4) is 5.75 Å². The van der Waals surface area contributed by atoms with Gasteiger partial charge in [0.1, 0.15) is 5.75 Å². The Morgan fingerprint density at radius 2 is 1.74 bits per heavy atom. The maximum atomic E-state index is 12.1. The molecule has 1 aromatic carbocycles. The van der Waals surface area contributed by atoms with Crippen molar-refractivity contribution in [3.63, 3.8) is 0 Å². The van der Waals surface area contributed by atoms with Gasteiger partial charge in [0.25, 0.3) is 0 Å². The molecule has 0 bridgehead atoms. The highest BCUT2D eigenvalue weighted by atomic mass is 16.5. The maximum Gasteiger partial charge on any atom is 0.309 e. The molecular weight excluding hydrogens is 336 g/mol. The number of carbonyl (C=O) groups is 1. The molecule has 1 aromatic rings. The number of hydrogen-bond donors (Lipinski definition) is 0. The second kappa shape index (κ2) is 9.77. The molecule has 0 aliphatic heterocycles. The van der Waals surface area contributed by atoms with Crippen LogP contribution in [0.2, 0.25) is 0 Å². The zero-order valence-corrected chi connectivity index (χ0v) is 16.7. The van der Waals surface area contributed by atoms with E-state index < -0.39 is 0 Å². The number of unbranched alkanes of at least 4 members (excludes halogenated alkanes) is 1. The maximum absolute atomic E-state index is 12.1. The minimum absolute atomic E-state index is 0.00376. The minimum atomic E-state index is -0.00376. The molecule has 27 heavy (non-hydrogen) atoms. The molecule has 3 rings (SSSR count). The number of benzene rings is 1. The number of rotatable bonds is 7. The van der Waals surface area contributed by atoms with Crippen LogP contribution in [0.4, 0.5) is 0 Å². The summed E-state index contributed by atoms with van der Waals surface area (Å²) in [6.45, 7) is 2.68. The first-order valence-electron chi connectivity index (χ1n) is 10.4. The molecule has 0 N–H and O–H groups in total. The van der Waals surface area contributed by atoms with Gasteiger partial charge in [-0.25, -0.2) is 0 Å². The van der Waals surface area contributed by atoms with Gasteiger partial charge in [-0.15, -0.1) is 0 Å². The van der Waals surface area contributed by atoms with Crippen molar-refractivity contribution < 1.29 is 14.3 Å². The molecule has 0 heterocycles. The lowest BCUT2D eigenvalue weighted by molar-refractivity contribution is -0.148. The van der Waals surface area contributed by atoms with Crippen molar-refractivity contribution in [2.75, 3.05) is 13.7 Å². The van der Waals surface area contributed by atoms with Crippen LogP contribution in [0, 0.1) is 5.92 Å². The molecule has 0 radical (unpaired) electrons. The normalized spacial score (nSPS) is 22.6. The highest BCUT2D eigenvalue weighted by Gasteiger charge is 2.25. The summed E-state index contributed by atoms with van der Waals surface area (Å²) in [4.78, 5) is 12.1. The fraction of sp³-hybridized carbons (Fsp3) is 0.542. The van der Waals surface area contributed by atoms with E-state index in [1.165, 1.54) is 23.1 Å². The van der Waals surface area contributed by atoms with Crippen LogP contribution < -0.4 is 4.74 Å². The summed E-state index contributed by atoms with van der Waals surface area (Å²) in [6, 6.07) is 8.49. The Bertz CT molecular complexity index is 684. The monoisotopic (exact) mass is 368 g/mol. The topological polar surface area (TPSA) is 35.5 Å². The van der Waals surface area contributed by atoms with Crippen LogP contribution in [0.1, 0.15) is 69.8 Å². The molecule has 146 valence electrons. The first-order chi connectivity index (χ1) is 13.2. The smallest absolute Gasteiger partial charge is 0.309 e. The van der Waals surface area contributed by atoms with Crippen LogP contribution >= 0.6 is 0 Å². The number of esters is 1. The summed E-state index contributed by atoms with van der Waals surface area (Å²) in [7, 11) is 1.71. The van der Waals surface area contributed by atoms with E-state index in [1.54, 1.807) is 7.11 Å². The van der Waals surface area contributed by atoms with Crippen molar-refractivity contribution in [1.82, 2.24) is 0 Å². The molecule has 2 aliphatic rings. The molecule has 2 aliphatic carbocycles. The Morgan fingerprint density at radius 3 is 2.30 bits per heavy atom. The lowest BCUT2D eigenvalue weighted by atomic mass is 9.79. The average molecular weight is 369 g/mol. The van der Waals surface area contributed by atoms with Crippen LogP contribution in [0.15, 0.2) is 47.6 Å². The van der Waals surface area contributed by atoms with Crippen molar-refractivity contribution in [3.05, 3.63) is 53.1 Å². The van der Waals surface area contributed by atoms with Crippen LogP contribution in [-0.2, 0) is 9.53 Å². The molecule has 0 saturated heterocycles. The molecular formula is C24H32O3. The molecule has 0 saturated carbocycles. The Kier molecular flexibility index (Phi) is 7.14. The van der Waals surface area contributed by atoms with Gasteiger partial charge in [0.2, 0.25) is 0 Å². The van der Waals surface area contributed by atoms with E-state index in [0.29, 0.717) is 12.5 Å². The third kappa shape index (κ3) is 5.24. The van der Waals surface area contributed by atoms with Gasteiger partial charge in [0, 0.05) is 0 Å². The Balaban J connectivity index is 1.52. The predicted octanol–water partition coefficient (Wildman–Crippen LogP) is 5.96. The van der Waals surface area contributed by atoms with Gasteiger partial charge in [-0.1, -0.05) is 37.6 Å². The van der Waals surface area contributed by atoms with E-state index in [4.69, 9.17) is 9.47 Å². The van der Waals surface area contributed by atoms with Gasteiger partial charge in [-0.2, -0.15) is 0 Å². The Morgan fingerprint density at radius 1 is 1.04 bits per heavy atom. The number of carbonyl (C=O) groups excluding carboxylic acids is 1. The summed E-state index contributed by atoms with van der Waals surface area (Å²) in [6.07, 6.45) is 12.9. The molecule has 3 nitrogen and oxygen atoms in total. The van der Waals surface area contributed by atoms with Gasteiger partial charge in [0.15, 0.2) is 0 Å². The predicted molar refractivity (Wildman–Crippen MR) is 109 cm³/mol. The SMILES string of the molecule is CCCCOC(=O)C1CC=C(C2=CCC(c3ccc(OC)cc3)CC2)CC1. The molecule has 0 spiro atoms. The Labute approximate surface area is 163 Å². The summed E-state index contributed by atoms with van der Waals surface area (Å²) in [5.41, 5.74) is 4.36. The second-order valence-electron chi connectivity index (χ2n) is 7.70. The first kappa shape index (κ1) is 19.7. The van der Waals surface area contributed by atoms with E-state index >= 15 is 0 Å². The quantitative estimate of drug-likeness (QED) is 0.440. The zero-order chi connectivity index (χ0) is 19.1. The third-order valence-electron chi connectivity index (χ3n) is 5.90. The highest BCUT2D eigenvalue weighted by Crippen LogP contribution is 2.38. The number of hydrogen-bond acceptors (Lipinski definition) is 3. The van der Waals surface area contributed by atoms with Crippen molar-refractivity contribution in [2.45, 2.75) is 64.2 Å². The largest absolute Gasteiger partial charge is 0.497 e. The molecule has 2 unspecified atom stereocenters. The fourth-order valence-electron chi connectivity index (χ4n) is 4.08. The van der Waals surface area contributed by atoms with Gasteiger partial charge in [-0.05, 0) is 79.7 Å². The first-order valence-corrected chi connectivity index (χ1v) is 10.4. The third-order valence-corrected chi connectivity index (χ3v) is 5.90. The van der Waals surface area contributed by atoms with E-state index in [0.717, 1.165) is 50.7 Å². The average Bonchev–Trinajstić information content (AvgIpc) is 2.74. The van der Waals surface area contributed by atoms with Crippen molar-refractivity contribution >= 4 is 5.97 Å². The second-order valence-corrected chi connectivity index (χ2v) is 7.70. The summed E-state index contributed by atoms with van der Waals surface area (Å²) < 4.78 is 10.6.